The Kier molecular flexibility index (Phi) is 3.95. The largest absolute Gasteiger partial charge is 0.508 e. The Morgan fingerprint density at radius 1 is 1.29 bits per heavy atom. The second kappa shape index (κ2) is 5.76. The number of hydrogen-bond acceptors (Lipinski definition) is 2. The number of phenols is 1. The van der Waals surface area contributed by atoms with Crippen LogP contribution in [-0.2, 0) is 6.42 Å². The van der Waals surface area contributed by atoms with Crippen LogP contribution in [0, 0.1) is 29.1 Å². The van der Waals surface area contributed by atoms with Crippen LogP contribution in [0.25, 0.3) is 0 Å². The summed E-state index contributed by atoms with van der Waals surface area (Å²) in [5, 5.41) is 20.7. The smallest absolute Gasteiger partial charge is 0.115 e. The van der Waals surface area contributed by atoms with E-state index in [0.29, 0.717) is 35.3 Å². The summed E-state index contributed by atoms with van der Waals surface area (Å²) in [4.78, 5) is 0. The molecule has 132 valence electrons. The van der Waals surface area contributed by atoms with Gasteiger partial charge in [0.25, 0.3) is 0 Å². The van der Waals surface area contributed by atoms with Crippen molar-refractivity contribution in [2.75, 3.05) is 0 Å². The van der Waals surface area contributed by atoms with Gasteiger partial charge in [-0.05, 0) is 90.4 Å². The van der Waals surface area contributed by atoms with E-state index in [0.717, 1.165) is 19.3 Å². The average molecular weight is 328 g/mol. The normalized spacial score (nSPS) is 42.1. The van der Waals surface area contributed by atoms with Crippen molar-refractivity contribution < 1.29 is 10.2 Å². The quantitative estimate of drug-likeness (QED) is 0.812. The monoisotopic (exact) mass is 328 g/mol. The molecular weight excluding hydrogens is 296 g/mol. The van der Waals surface area contributed by atoms with Crippen LogP contribution < -0.4 is 0 Å². The zero-order chi connectivity index (χ0) is 17.1. The first kappa shape index (κ1) is 16.4. The van der Waals surface area contributed by atoms with Crippen LogP contribution in [0.5, 0.6) is 5.75 Å². The number of aliphatic hydroxyl groups is 1. The Morgan fingerprint density at radius 3 is 2.83 bits per heavy atom. The Bertz CT molecular complexity index is 624. The second-order valence-corrected chi connectivity index (χ2v) is 9.06. The van der Waals surface area contributed by atoms with Gasteiger partial charge < -0.3 is 10.2 Å². The zero-order valence-corrected chi connectivity index (χ0v) is 15.3. The lowest BCUT2D eigenvalue weighted by atomic mass is 9.53. The molecular formula is C22H32O2. The highest BCUT2D eigenvalue weighted by Gasteiger charge is 2.59. The summed E-state index contributed by atoms with van der Waals surface area (Å²) in [7, 11) is 0. The summed E-state index contributed by atoms with van der Waals surface area (Å²) in [5.74, 6) is 3.76. The molecule has 7 atom stereocenters. The van der Waals surface area contributed by atoms with Gasteiger partial charge in [-0.3, -0.25) is 0 Å². The van der Waals surface area contributed by atoms with Gasteiger partial charge >= 0.3 is 0 Å². The molecule has 2 N–H and O–H groups in total. The molecule has 2 fully saturated rings. The molecule has 0 spiro atoms. The van der Waals surface area contributed by atoms with E-state index in [-0.39, 0.29) is 11.5 Å². The number of benzene rings is 1. The first-order chi connectivity index (χ1) is 11.5. The van der Waals surface area contributed by atoms with E-state index >= 15 is 0 Å². The Balaban J connectivity index is 1.72. The van der Waals surface area contributed by atoms with E-state index in [1.54, 1.807) is 0 Å². The molecule has 2 saturated carbocycles. The highest BCUT2D eigenvalue weighted by Crippen LogP contribution is 2.64. The van der Waals surface area contributed by atoms with Gasteiger partial charge in [-0.2, -0.15) is 0 Å². The number of phenolic OH excluding ortho intramolecular Hbond substituents is 1. The van der Waals surface area contributed by atoms with E-state index in [9.17, 15) is 10.2 Å². The van der Waals surface area contributed by atoms with Gasteiger partial charge in [-0.15, -0.1) is 0 Å². The topological polar surface area (TPSA) is 40.5 Å². The Labute approximate surface area is 146 Å². The Morgan fingerprint density at radius 2 is 2.08 bits per heavy atom. The van der Waals surface area contributed by atoms with Crippen molar-refractivity contribution in [1.29, 1.82) is 0 Å². The van der Waals surface area contributed by atoms with E-state index in [4.69, 9.17) is 0 Å². The lowest BCUT2D eigenvalue weighted by molar-refractivity contribution is -0.0341. The fourth-order valence-corrected chi connectivity index (χ4v) is 6.60. The highest BCUT2D eigenvalue weighted by atomic mass is 16.3. The maximum absolute atomic E-state index is 10.9. The number of rotatable bonds is 2. The molecule has 1 aromatic rings. The van der Waals surface area contributed by atoms with E-state index in [1.165, 1.54) is 30.4 Å². The van der Waals surface area contributed by atoms with Crippen molar-refractivity contribution in [2.24, 2.45) is 29.1 Å². The fourth-order valence-electron chi connectivity index (χ4n) is 6.60. The maximum Gasteiger partial charge on any atom is 0.115 e. The van der Waals surface area contributed by atoms with E-state index in [1.807, 2.05) is 12.1 Å². The third kappa shape index (κ3) is 2.25. The number of aryl methyl sites for hydroxylation is 1. The van der Waals surface area contributed by atoms with Crippen LogP contribution in [0.4, 0.5) is 0 Å². The van der Waals surface area contributed by atoms with Crippen LogP contribution in [0.2, 0.25) is 0 Å². The van der Waals surface area contributed by atoms with E-state index < -0.39 is 0 Å². The molecule has 0 aromatic heterocycles. The van der Waals surface area contributed by atoms with Crippen molar-refractivity contribution in [2.45, 2.75) is 71.3 Å². The van der Waals surface area contributed by atoms with Crippen molar-refractivity contribution in [1.82, 2.24) is 0 Å². The predicted molar refractivity (Wildman–Crippen MR) is 97.1 cm³/mol. The standard InChI is InChI=1S/C22H32O2/c1-4-13(2)19-12-20(24)22(3)10-9-17-16-8-6-15(23)11-14(16)5-7-18(17)21(19)22/h6,8,11,13,17-21,23-24H,4-5,7,9-10,12H2,1-3H3/t13?,17-,18-,19+,20+,21-,22-/m1/s1. The third-order valence-corrected chi connectivity index (χ3v) is 8.10. The molecule has 0 bridgehead atoms. The Hall–Kier alpha value is -1.02. The van der Waals surface area contributed by atoms with Crippen LogP contribution in [0.3, 0.4) is 0 Å². The fraction of sp³-hybridized carbons (Fsp3) is 0.727. The zero-order valence-electron chi connectivity index (χ0n) is 15.3. The van der Waals surface area contributed by atoms with Gasteiger partial charge in [0.15, 0.2) is 0 Å². The number of hydrogen-bond donors (Lipinski definition) is 2. The SMILES string of the molecule is CCC(C)[C@@H]1C[C@H](O)[C@@]2(C)CC[C@@H]3c4ccc(O)cc4CC[C@H]3[C@H]12. The van der Waals surface area contributed by atoms with E-state index in [2.05, 4.69) is 26.8 Å². The summed E-state index contributed by atoms with van der Waals surface area (Å²) >= 11 is 0. The molecule has 1 aromatic carbocycles. The van der Waals surface area contributed by atoms with Crippen LogP contribution in [0.1, 0.15) is 69.9 Å². The molecule has 4 rings (SSSR count). The van der Waals surface area contributed by atoms with Gasteiger partial charge in [0.1, 0.15) is 5.75 Å². The van der Waals surface area contributed by atoms with Gasteiger partial charge in [-0.25, -0.2) is 0 Å². The molecule has 0 heterocycles. The number of aromatic hydroxyl groups is 1. The summed E-state index contributed by atoms with van der Waals surface area (Å²) in [5.41, 5.74) is 2.96. The average Bonchev–Trinajstić information content (AvgIpc) is 2.85. The molecule has 0 aliphatic heterocycles. The first-order valence-corrected chi connectivity index (χ1v) is 9.95. The van der Waals surface area contributed by atoms with Crippen molar-refractivity contribution in [3.8, 4) is 5.75 Å². The minimum Gasteiger partial charge on any atom is -0.508 e. The summed E-state index contributed by atoms with van der Waals surface area (Å²) < 4.78 is 0. The second-order valence-electron chi connectivity index (χ2n) is 9.06. The lowest BCUT2D eigenvalue weighted by Gasteiger charge is -2.52. The van der Waals surface area contributed by atoms with Gasteiger partial charge in [0.05, 0.1) is 6.10 Å². The molecule has 0 saturated heterocycles. The van der Waals surface area contributed by atoms with Crippen LogP contribution >= 0.6 is 0 Å². The van der Waals surface area contributed by atoms with Gasteiger partial charge in [0.2, 0.25) is 0 Å². The molecule has 1 unspecified atom stereocenters. The molecule has 0 radical (unpaired) electrons. The minimum absolute atomic E-state index is 0.115. The molecule has 3 aliphatic carbocycles. The molecule has 2 nitrogen and oxygen atoms in total. The predicted octanol–water partition coefficient (Wildman–Crippen LogP) is 4.88. The number of fused-ring (bicyclic) bond motifs is 5. The molecule has 2 heteroatoms. The van der Waals surface area contributed by atoms with Crippen molar-refractivity contribution in [3.05, 3.63) is 29.3 Å². The summed E-state index contributed by atoms with van der Waals surface area (Å²) in [6.07, 6.45) is 6.74. The highest BCUT2D eigenvalue weighted by molar-refractivity contribution is 5.40. The van der Waals surface area contributed by atoms with Crippen molar-refractivity contribution >= 4 is 0 Å². The maximum atomic E-state index is 10.9. The molecule has 24 heavy (non-hydrogen) atoms. The minimum atomic E-state index is -0.122. The summed E-state index contributed by atoms with van der Waals surface area (Å²) in [6.45, 7) is 7.06. The molecule has 0 amide bonds. The number of aliphatic hydroxyl groups excluding tert-OH is 1. The third-order valence-electron chi connectivity index (χ3n) is 8.10. The van der Waals surface area contributed by atoms with Crippen molar-refractivity contribution in [3.63, 3.8) is 0 Å². The van der Waals surface area contributed by atoms with Gasteiger partial charge in [0, 0.05) is 0 Å². The first-order valence-electron chi connectivity index (χ1n) is 9.95. The molecule has 3 aliphatic rings. The van der Waals surface area contributed by atoms with Crippen LogP contribution in [0.15, 0.2) is 18.2 Å². The van der Waals surface area contributed by atoms with Crippen LogP contribution in [-0.4, -0.2) is 16.3 Å². The summed E-state index contributed by atoms with van der Waals surface area (Å²) in [6, 6.07) is 6.02. The lowest BCUT2D eigenvalue weighted by Crippen LogP contribution is -2.46. The van der Waals surface area contributed by atoms with Gasteiger partial charge in [-0.1, -0.05) is 33.3 Å².